The van der Waals surface area contributed by atoms with Crippen molar-refractivity contribution in [1.82, 2.24) is 9.80 Å². The Bertz CT molecular complexity index is 787. The van der Waals surface area contributed by atoms with Gasteiger partial charge in [0.2, 0.25) is 0 Å². The molecular formula is C20H26FN3O4. The van der Waals surface area contributed by atoms with E-state index < -0.39 is 11.4 Å². The van der Waals surface area contributed by atoms with Crippen LogP contribution in [0.15, 0.2) is 12.1 Å². The molecular weight excluding hydrogens is 365 g/mol. The smallest absolute Gasteiger partial charge is 0.410 e. The number of morpholine rings is 1. The Morgan fingerprint density at radius 1 is 1.32 bits per heavy atom. The van der Waals surface area contributed by atoms with Gasteiger partial charge in [0, 0.05) is 31.7 Å². The van der Waals surface area contributed by atoms with E-state index in [0.717, 1.165) is 0 Å². The molecule has 152 valence electrons. The third-order valence-electron chi connectivity index (χ3n) is 4.95. The number of hydrogen-bond donors (Lipinski definition) is 0. The molecule has 1 amide bonds. The molecule has 1 aromatic rings. The van der Waals surface area contributed by atoms with Crippen LogP contribution in [0.2, 0.25) is 0 Å². The molecule has 2 atom stereocenters. The highest BCUT2D eigenvalue weighted by molar-refractivity contribution is 5.68. The molecule has 0 saturated carbocycles. The molecule has 0 N–H and O–H groups in total. The minimum absolute atomic E-state index is 0.0508. The molecule has 0 aliphatic carbocycles. The summed E-state index contributed by atoms with van der Waals surface area (Å²) in [5.74, 6) is -0.613. The molecule has 0 spiro atoms. The first-order valence-electron chi connectivity index (χ1n) is 9.33. The number of methoxy groups -OCH3 is 1. The summed E-state index contributed by atoms with van der Waals surface area (Å²) in [5.41, 5.74) is 0.00535. The molecule has 0 unspecified atom stereocenters. The molecule has 2 saturated heterocycles. The molecule has 7 nitrogen and oxygen atoms in total. The molecule has 1 aromatic carbocycles. The monoisotopic (exact) mass is 391 g/mol. The number of hydrogen-bond acceptors (Lipinski definition) is 6. The number of amides is 1. The van der Waals surface area contributed by atoms with Gasteiger partial charge in [0.15, 0.2) is 11.6 Å². The maximum Gasteiger partial charge on any atom is 0.410 e. The standard InChI is InChI=1S/C20H26FN3O4/c1-20(2,3)28-19(25)24-8-7-23-11-16(27-12-14(23)10-24)15-6-5-13(9-22)17(21)18(15)26-4/h5-6,14,16H,7-8,10-12H2,1-4H3/t14-,16-/m0/s1. The lowest BCUT2D eigenvalue weighted by Crippen LogP contribution is -2.60. The van der Waals surface area contributed by atoms with E-state index in [2.05, 4.69) is 4.90 Å². The predicted octanol–water partition coefficient (Wildman–Crippen LogP) is 2.70. The summed E-state index contributed by atoms with van der Waals surface area (Å²) in [6.45, 7) is 8.30. The number of benzene rings is 1. The van der Waals surface area contributed by atoms with Crippen molar-refractivity contribution >= 4 is 6.09 Å². The Hall–Kier alpha value is -2.37. The number of nitrogens with zero attached hydrogens (tertiary/aromatic N) is 3. The van der Waals surface area contributed by atoms with Gasteiger partial charge >= 0.3 is 6.09 Å². The van der Waals surface area contributed by atoms with Gasteiger partial charge in [-0.2, -0.15) is 5.26 Å². The quantitative estimate of drug-likeness (QED) is 0.772. The predicted molar refractivity (Wildman–Crippen MR) is 99.5 cm³/mol. The third kappa shape index (κ3) is 4.21. The van der Waals surface area contributed by atoms with E-state index >= 15 is 0 Å². The van der Waals surface area contributed by atoms with E-state index in [-0.39, 0.29) is 29.6 Å². The Kier molecular flexibility index (Phi) is 5.77. The number of nitriles is 1. The summed E-state index contributed by atoms with van der Waals surface area (Å²) < 4.78 is 31.1. The van der Waals surface area contributed by atoms with Crippen LogP contribution in [0, 0.1) is 17.1 Å². The van der Waals surface area contributed by atoms with Crippen LogP contribution in [0.5, 0.6) is 5.75 Å². The van der Waals surface area contributed by atoms with Crippen LogP contribution in [0.25, 0.3) is 0 Å². The lowest BCUT2D eigenvalue weighted by atomic mass is 10.0. The number of fused-ring (bicyclic) bond motifs is 1. The molecule has 8 heteroatoms. The molecule has 2 fully saturated rings. The largest absolute Gasteiger partial charge is 0.493 e. The lowest BCUT2D eigenvalue weighted by Gasteiger charge is -2.46. The van der Waals surface area contributed by atoms with Crippen molar-refractivity contribution in [3.05, 3.63) is 29.1 Å². The van der Waals surface area contributed by atoms with Gasteiger partial charge in [-0.15, -0.1) is 0 Å². The van der Waals surface area contributed by atoms with E-state index in [4.69, 9.17) is 19.5 Å². The number of carbonyl (C=O) groups excluding carboxylic acids is 1. The van der Waals surface area contributed by atoms with Gasteiger partial charge in [-0.05, 0) is 26.8 Å². The second kappa shape index (κ2) is 7.94. The van der Waals surface area contributed by atoms with Crippen LogP contribution in [0.1, 0.15) is 38.0 Å². The van der Waals surface area contributed by atoms with Crippen molar-refractivity contribution in [2.45, 2.75) is 38.5 Å². The van der Waals surface area contributed by atoms with Gasteiger partial charge in [-0.1, -0.05) is 6.07 Å². The summed E-state index contributed by atoms with van der Waals surface area (Å²) in [5, 5.41) is 9.01. The summed E-state index contributed by atoms with van der Waals surface area (Å²) in [7, 11) is 1.38. The Morgan fingerprint density at radius 3 is 2.71 bits per heavy atom. The van der Waals surface area contributed by atoms with Crippen LogP contribution in [0.4, 0.5) is 9.18 Å². The van der Waals surface area contributed by atoms with E-state index in [1.165, 1.54) is 13.2 Å². The first kappa shape index (κ1) is 20.4. The number of halogens is 1. The molecule has 2 aliphatic heterocycles. The average molecular weight is 391 g/mol. The van der Waals surface area contributed by atoms with Crippen molar-refractivity contribution in [2.24, 2.45) is 0 Å². The first-order valence-corrected chi connectivity index (χ1v) is 9.33. The zero-order valence-electron chi connectivity index (χ0n) is 16.7. The fourth-order valence-corrected chi connectivity index (χ4v) is 3.58. The van der Waals surface area contributed by atoms with Crippen molar-refractivity contribution in [1.29, 1.82) is 5.26 Å². The Morgan fingerprint density at radius 2 is 2.07 bits per heavy atom. The Labute approximate surface area is 164 Å². The topological polar surface area (TPSA) is 75.0 Å². The molecule has 2 aliphatic rings. The SMILES string of the molecule is COc1c([C@@H]2CN3CCN(C(=O)OC(C)(C)C)C[C@H]3CO2)ccc(C#N)c1F. The van der Waals surface area contributed by atoms with Gasteiger partial charge in [-0.25, -0.2) is 9.18 Å². The highest BCUT2D eigenvalue weighted by atomic mass is 19.1. The maximum atomic E-state index is 14.4. The van der Waals surface area contributed by atoms with Crippen molar-refractivity contribution in [3.8, 4) is 11.8 Å². The van der Waals surface area contributed by atoms with E-state index in [1.54, 1.807) is 11.0 Å². The number of rotatable bonds is 2. The van der Waals surface area contributed by atoms with Gasteiger partial charge in [0.25, 0.3) is 0 Å². The number of carbonyl (C=O) groups is 1. The molecule has 3 rings (SSSR count). The van der Waals surface area contributed by atoms with Crippen LogP contribution >= 0.6 is 0 Å². The van der Waals surface area contributed by atoms with Crippen molar-refractivity contribution in [3.63, 3.8) is 0 Å². The fraction of sp³-hybridized carbons (Fsp3) is 0.600. The molecule has 0 aromatic heterocycles. The summed E-state index contributed by atoms with van der Waals surface area (Å²) in [6, 6.07) is 5.01. The van der Waals surface area contributed by atoms with Crippen LogP contribution in [0.3, 0.4) is 0 Å². The van der Waals surface area contributed by atoms with Gasteiger partial charge in [0.05, 0.1) is 31.4 Å². The van der Waals surface area contributed by atoms with Crippen LogP contribution in [-0.2, 0) is 9.47 Å². The average Bonchev–Trinajstić information content (AvgIpc) is 2.65. The molecule has 2 heterocycles. The van der Waals surface area contributed by atoms with Gasteiger partial charge in [-0.3, -0.25) is 4.90 Å². The minimum atomic E-state index is -0.664. The lowest BCUT2D eigenvalue weighted by molar-refractivity contribution is -0.0912. The summed E-state index contributed by atoms with van der Waals surface area (Å²) >= 11 is 0. The summed E-state index contributed by atoms with van der Waals surface area (Å²) in [4.78, 5) is 16.3. The summed E-state index contributed by atoms with van der Waals surface area (Å²) in [6.07, 6.45) is -0.674. The fourth-order valence-electron chi connectivity index (χ4n) is 3.58. The Balaban J connectivity index is 1.68. The normalized spacial score (nSPS) is 22.9. The minimum Gasteiger partial charge on any atom is -0.493 e. The number of piperazine rings is 1. The first-order chi connectivity index (χ1) is 13.2. The molecule has 0 bridgehead atoms. The third-order valence-corrected chi connectivity index (χ3v) is 4.95. The zero-order chi connectivity index (χ0) is 20.5. The van der Waals surface area contributed by atoms with E-state index in [1.807, 2.05) is 26.8 Å². The second-order valence-corrected chi connectivity index (χ2v) is 8.06. The van der Waals surface area contributed by atoms with Crippen LogP contribution in [-0.4, -0.2) is 67.4 Å². The van der Waals surface area contributed by atoms with Gasteiger partial charge < -0.3 is 19.1 Å². The maximum absolute atomic E-state index is 14.4. The van der Waals surface area contributed by atoms with Crippen molar-refractivity contribution in [2.75, 3.05) is 39.9 Å². The molecule has 0 radical (unpaired) electrons. The number of ether oxygens (including phenoxy) is 3. The van der Waals surface area contributed by atoms with E-state index in [0.29, 0.717) is 38.3 Å². The highest BCUT2D eigenvalue weighted by Crippen LogP contribution is 2.35. The van der Waals surface area contributed by atoms with Crippen molar-refractivity contribution < 1.29 is 23.4 Å². The second-order valence-electron chi connectivity index (χ2n) is 8.06. The highest BCUT2D eigenvalue weighted by Gasteiger charge is 2.37. The van der Waals surface area contributed by atoms with E-state index in [9.17, 15) is 9.18 Å². The van der Waals surface area contributed by atoms with Gasteiger partial charge in [0.1, 0.15) is 11.7 Å². The zero-order valence-corrected chi connectivity index (χ0v) is 16.7. The molecule has 28 heavy (non-hydrogen) atoms. The van der Waals surface area contributed by atoms with Crippen LogP contribution < -0.4 is 4.74 Å².